The smallest absolute Gasteiger partial charge is 0.220 e. The molecule has 4 nitrogen and oxygen atoms in total. The highest BCUT2D eigenvalue weighted by atomic mass is 32.1. The van der Waals surface area contributed by atoms with Crippen LogP contribution in [0.1, 0.15) is 6.92 Å². The number of benzene rings is 1. The molecule has 3 N–H and O–H groups in total. The fourth-order valence-corrected chi connectivity index (χ4v) is 1.21. The number of anilines is 1. The predicted octanol–water partition coefficient (Wildman–Crippen LogP) is 1.83. The molecule has 0 spiro atoms. The molecule has 1 heterocycles. The van der Waals surface area contributed by atoms with Gasteiger partial charge in [0.1, 0.15) is 0 Å². The van der Waals surface area contributed by atoms with Gasteiger partial charge in [-0.3, -0.25) is 10.9 Å². The minimum Gasteiger partial charge on any atom is -0.323 e. The van der Waals surface area contributed by atoms with Crippen LogP contribution in [0.15, 0.2) is 24.3 Å². The van der Waals surface area contributed by atoms with Crippen LogP contribution in [0.4, 0.5) is 5.95 Å². The Morgan fingerprint density at radius 2 is 2.21 bits per heavy atom. The number of hydrogen-bond donors (Lipinski definition) is 3. The summed E-state index contributed by atoms with van der Waals surface area (Å²) in [5.41, 5.74) is 7.61. The molecule has 1 aromatic carbocycles. The highest BCUT2D eigenvalue weighted by Gasteiger charge is 1.99. The number of hydrogen-bond acceptors (Lipinski definition) is 3. The molecule has 2 aromatic rings. The third-order valence-corrected chi connectivity index (χ3v) is 1.85. The van der Waals surface area contributed by atoms with E-state index < -0.39 is 0 Å². The number of nitrogens with zero attached hydrogens (tertiary/aromatic N) is 1. The van der Waals surface area contributed by atoms with Gasteiger partial charge in [0.2, 0.25) is 5.95 Å². The van der Waals surface area contributed by atoms with E-state index in [1.807, 2.05) is 24.3 Å². The van der Waals surface area contributed by atoms with Crippen LogP contribution in [-0.2, 0) is 0 Å². The quantitative estimate of drug-likeness (QED) is 0.518. The van der Waals surface area contributed by atoms with E-state index in [9.17, 15) is 0 Å². The maximum absolute atomic E-state index is 4.86. The Labute approximate surface area is 86.7 Å². The monoisotopic (exact) mass is 206 g/mol. The number of fused-ring (bicyclic) bond motifs is 1. The van der Waals surface area contributed by atoms with Gasteiger partial charge in [0.15, 0.2) is 0 Å². The second-order valence-corrected chi connectivity index (χ2v) is 3.52. The number of H-pyrrole nitrogens is 1. The average Bonchev–Trinajstić information content (AvgIpc) is 2.57. The van der Waals surface area contributed by atoms with Crippen LogP contribution in [0.3, 0.4) is 0 Å². The summed E-state index contributed by atoms with van der Waals surface area (Å²) in [5.74, 6) is 0.662. The predicted molar refractivity (Wildman–Crippen MR) is 61.1 cm³/mol. The standard InChI is InChI=1S/C9H10N4S/c1-6(14)12-13-9-10-7-4-2-3-5-8(7)11-9/h2-5H,1H3,(H,12,14)(H2,10,11,13). The zero-order valence-corrected chi connectivity index (χ0v) is 8.48. The molecule has 0 saturated heterocycles. The molecule has 5 heteroatoms. The van der Waals surface area contributed by atoms with Gasteiger partial charge < -0.3 is 4.98 Å². The van der Waals surface area contributed by atoms with E-state index in [0.29, 0.717) is 10.9 Å². The van der Waals surface area contributed by atoms with E-state index in [4.69, 9.17) is 12.2 Å². The molecule has 0 aliphatic carbocycles. The van der Waals surface area contributed by atoms with Crippen molar-refractivity contribution < 1.29 is 0 Å². The van der Waals surface area contributed by atoms with Crippen molar-refractivity contribution in [3.63, 3.8) is 0 Å². The van der Waals surface area contributed by atoms with E-state index in [2.05, 4.69) is 20.8 Å². The Hall–Kier alpha value is -1.62. The number of thiocarbonyl (C=S) groups is 1. The first-order valence-electron chi connectivity index (χ1n) is 4.23. The van der Waals surface area contributed by atoms with E-state index in [0.717, 1.165) is 11.0 Å². The van der Waals surface area contributed by atoms with Crippen LogP contribution in [0.5, 0.6) is 0 Å². The molecule has 0 radical (unpaired) electrons. The molecule has 14 heavy (non-hydrogen) atoms. The molecule has 0 amide bonds. The van der Waals surface area contributed by atoms with Gasteiger partial charge in [-0.1, -0.05) is 24.4 Å². The molecule has 0 aliphatic heterocycles. The van der Waals surface area contributed by atoms with Crippen LogP contribution in [-0.4, -0.2) is 15.0 Å². The third-order valence-electron chi connectivity index (χ3n) is 1.75. The lowest BCUT2D eigenvalue weighted by atomic mass is 10.3. The van der Waals surface area contributed by atoms with Gasteiger partial charge in [0.25, 0.3) is 0 Å². The summed E-state index contributed by atoms with van der Waals surface area (Å²) in [5, 5.41) is 0. The van der Waals surface area contributed by atoms with Crippen LogP contribution in [0.25, 0.3) is 11.0 Å². The van der Waals surface area contributed by atoms with Gasteiger partial charge in [-0.05, 0) is 19.1 Å². The lowest BCUT2D eigenvalue weighted by Gasteiger charge is -2.02. The summed E-state index contributed by atoms with van der Waals surface area (Å²) in [7, 11) is 0. The summed E-state index contributed by atoms with van der Waals surface area (Å²) >= 11 is 4.86. The first-order valence-corrected chi connectivity index (χ1v) is 4.64. The Morgan fingerprint density at radius 1 is 1.43 bits per heavy atom. The van der Waals surface area contributed by atoms with E-state index in [-0.39, 0.29) is 0 Å². The fraction of sp³-hybridized carbons (Fsp3) is 0.111. The number of nitrogens with one attached hydrogen (secondary N) is 3. The van der Waals surface area contributed by atoms with Gasteiger partial charge in [-0.15, -0.1) is 0 Å². The Kier molecular flexibility index (Phi) is 2.32. The van der Waals surface area contributed by atoms with Gasteiger partial charge in [-0.2, -0.15) is 0 Å². The lowest BCUT2D eigenvalue weighted by molar-refractivity contribution is 1.08. The van der Waals surface area contributed by atoms with Crippen molar-refractivity contribution in [2.75, 3.05) is 5.43 Å². The number of aromatic amines is 1. The van der Waals surface area contributed by atoms with Gasteiger partial charge in [0, 0.05) is 0 Å². The van der Waals surface area contributed by atoms with Crippen molar-refractivity contribution in [2.45, 2.75) is 6.92 Å². The first kappa shape index (κ1) is 8.96. The summed E-state index contributed by atoms with van der Waals surface area (Å²) in [6.45, 7) is 1.80. The van der Waals surface area contributed by atoms with Crippen LogP contribution < -0.4 is 10.9 Å². The molecule has 72 valence electrons. The molecule has 0 unspecified atom stereocenters. The van der Waals surface area contributed by atoms with Crippen molar-refractivity contribution in [1.29, 1.82) is 0 Å². The minimum absolute atomic E-state index is 0.662. The summed E-state index contributed by atoms with van der Waals surface area (Å²) in [6.07, 6.45) is 0. The summed E-state index contributed by atoms with van der Waals surface area (Å²) in [4.78, 5) is 8.07. The number of hydrazine groups is 1. The van der Waals surface area contributed by atoms with E-state index in [1.54, 1.807) is 6.92 Å². The molecule has 0 aliphatic rings. The van der Waals surface area contributed by atoms with Gasteiger partial charge >= 0.3 is 0 Å². The highest BCUT2D eigenvalue weighted by Crippen LogP contribution is 2.12. The Balaban J connectivity index is 2.22. The fourth-order valence-electron chi connectivity index (χ4n) is 1.16. The van der Waals surface area contributed by atoms with Crippen molar-refractivity contribution in [3.05, 3.63) is 24.3 Å². The number of aromatic nitrogens is 2. The summed E-state index contributed by atoms with van der Waals surface area (Å²) < 4.78 is 0. The van der Waals surface area contributed by atoms with Crippen LogP contribution in [0.2, 0.25) is 0 Å². The highest BCUT2D eigenvalue weighted by molar-refractivity contribution is 7.80. The van der Waals surface area contributed by atoms with Crippen molar-refractivity contribution >= 4 is 34.2 Å². The lowest BCUT2D eigenvalue weighted by Crippen LogP contribution is -2.25. The number of rotatable bonds is 2. The van der Waals surface area contributed by atoms with E-state index in [1.165, 1.54) is 0 Å². The SMILES string of the molecule is CC(=S)NNc1nc2ccccc2[nH]1. The largest absolute Gasteiger partial charge is 0.323 e. The van der Waals surface area contributed by atoms with Crippen molar-refractivity contribution in [3.8, 4) is 0 Å². The van der Waals surface area contributed by atoms with Crippen LogP contribution in [0, 0.1) is 0 Å². The maximum Gasteiger partial charge on any atom is 0.220 e. The molecule has 0 bridgehead atoms. The molecule has 0 fully saturated rings. The van der Waals surface area contributed by atoms with E-state index >= 15 is 0 Å². The molecule has 0 atom stereocenters. The van der Waals surface area contributed by atoms with Gasteiger partial charge in [-0.25, -0.2) is 4.98 Å². The summed E-state index contributed by atoms with van der Waals surface area (Å²) in [6, 6.07) is 7.83. The number of imidazole rings is 1. The third kappa shape index (κ3) is 1.82. The van der Waals surface area contributed by atoms with Crippen molar-refractivity contribution in [1.82, 2.24) is 15.4 Å². The molecule has 0 saturated carbocycles. The zero-order chi connectivity index (χ0) is 9.97. The second kappa shape index (κ2) is 3.63. The zero-order valence-electron chi connectivity index (χ0n) is 7.66. The van der Waals surface area contributed by atoms with Crippen LogP contribution >= 0.6 is 12.2 Å². The molecular formula is C9H10N4S. The normalized spacial score (nSPS) is 10.1. The maximum atomic E-state index is 4.86. The van der Waals surface area contributed by atoms with Gasteiger partial charge in [0.05, 0.1) is 16.0 Å². The molecular weight excluding hydrogens is 196 g/mol. The second-order valence-electron chi connectivity index (χ2n) is 2.91. The Morgan fingerprint density at radius 3 is 2.93 bits per heavy atom. The molecule has 1 aromatic heterocycles. The first-order chi connectivity index (χ1) is 6.75. The number of para-hydroxylation sites is 2. The Bertz CT molecular complexity index is 430. The molecule has 2 rings (SSSR count). The topological polar surface area (TPSA) is 52.7 Å². The minimum atomic E-state index is 0.662. The van der Waals surface area contributed by atoms with Crippen molar-refractivity contribution in [2.24, 2.45) is 0 Å². The average molecular weight is 206 g/mol.